The fraction of sp³-hybridized carbons (Fsp3) is 0.727. The van der Waals surface area contributed by atoms with Gasteiger partial charge in [0.1, 0.15) is 24.4 Å². The Morgan fingerprint density at radius 2 is 1.93 bits per heavy atom. The molecule has 1 aliphatic heterocycles. The van der Waals surface area contributed by atoms with E-state index < -0.39 is 47.1 Å². The number of allylic oxidation sites excluding steroid dienone is 2. The average Bonchev–Trinajstić information content (AvgIpc) is 3.39. The van der Waals surface area contributed by atoms with Crippen LogP contribution >= 0.6 is 0 Å². The molecule has 1 saturated heterocycles. The first-order valence-electron chi connectivity index (χ1n) is 10.2. The van der Waals surface area contributed by atoms with Crippen molar-refractivity contribution in [3.63, 3.8) is 0 Å². The Labute approximate surface area is 171 Å². The van der Waals surface area contributed by atoms with Gasteiger partial charge in [-0.05, 0) is 43.8 Å². The Balaban J connectivity index is 1.77. The highest BCUT2D eigenvalue weighted by Gasteiger charge is 2.69. The van der Waals surface area contributed by atoms with Crippen molar-refractivity contribution >= 4 is 0 Å². The second kappa shape index (κ2) is 7.57. The van der Waals surface area contributed by atoms with Crippen molar-refractivity contribution < 1.29 is 35.4 Å². The normalized spacial score (nSPS) is 45.7. The predicted molar refractivity (Wildman–Crippen MR) is 107 cm³/mol. The fourth-order valence-corrected chi connectivity index (χ4v) is 5.02. The van der Waals surface area contributed by atoms with E-state index in [1.165, 1.54) is 6.08 Å². The van der Waals surface area contributed by atoms with Gasteiger partial charge in [-0.2, -0.15) is 0 Å². The highest BCUT2D eigenvalue weighted by molar-refractivity contribution is 5.35. The van der Waals surface area contributed by atoms with Gasteiger partial charge in [-0.15, -0.1) is 0 Å². The predicted octanol–water partition coefficient (Wildman–Crippen LogP) is 0.190. The maximum atomic E-state index is 10.8. The second-order valence-electron chi connectivity index (χ2n) is 9.61. The van der Waals surface area contributed by atoms with Crippen molar-refractivity contribution in [2.75, 3.05) is 6.61 Å². The zero-order valence-electron chi connectivity index (χ0n) is 17.5. The molecule has 0 aromatic heterocycles. The van der Waals surface area contributed by atoms with Gasteiger partial charge in [0.15, 0.2) is 5.60 Å². The van der Waals surface area contributed by atoms with E-state index in [2.05, 4.69) is 0 Å². The summed E-state index contributed by atoms with van der Waals surface area (Å²) >= 11 is 0. The SMILES string of the molecule is CC(C=CC1C(C)(O)CCC(O)C1(C)C)=CC(O)C12OC1C(O)C(CO)=CC2O. The van der Waals surface area contributed by atoms with Gasteiger partial charge in [0.05, 0.1) is 18.3 Å². The molecule has 3 aliphatic rings. The van der Waals surface area contributed by atoms with Crippen molar-refractivity contribution in [1.29, 1.82) is 0 Å². The van der Waals surface area contributed by atoms with Crippen LogP contribution in [-0.2, 0) is 4.74 Å². The lowest BCUT2D eigenvalue weighted by Crippen LogP contribution is -2.52. The summed E-state index contributed by atoms with van der Waals surface area (Å²) in [6, 6.07) is 0. The molecule has 0 amide bonds. The molecular formula is C22H34O7. The fourth-order valence-electron chi connectivity index (χ4n) is 5.02. The number of rotatable bonds is 5. The third-order valence-corrected chi connectivity index (χ3v) is 7.09. The van der Waals surface area contributed by atoms with Crippen LogP contribution < -0.4 is 0 Å². The Kier molecular flexibility index (Phi) is 5.90. The van der Waals surface area contributed by atoms with E-state index in [0.29, 0.717) is 18.4 Å². The number of fused-ring (bicyclic) bond motifs is 1. The molecule has 3 rings (SSSR count). The van der Waals surface area contributed by atoms with E-state index in [1.54, 1.807) is 26.0 Å². The Morgan fingerprint density at radius 3 is 2.55 bits per heavy atom. The van der Waals surface area contributed by atoms with Crippen LogP contribution in [0.2, 0.25) is 0 Å². The summed E-state index contributed by atoms with van der Waals surface area (Å²) in [5.41, 5.74) is -1.79. The minimum Gasteiger partial charge on any atom is -0.393 e. The van der Waals surface area contributed by atoms with E-state index in [1.807, 2.05) is 19.9 Å². The van der Waals surface area contributed by atoms with Gasteiger partial charge in [0.2, 0.25) is 0 Å². The van der Waals surface area contributed by atoms with Gasteiger partial charge in [-0.1, -0.05) is 37.6 Å². The summed E-state index contributed by atoms with van der Waals surface area (Å²) in [4.78, 5) is 0. The monoisotopic (exact) mass is 410 g/mol. The molecule has 0 bridgehead atoms. The van der Waals surface area contributed by atoms with Crippen LogP contribution in [0.1, 0.15) is 40.5 Å². The van der Waals surface area contributed by atoms with Crippen molar-refractivity contribution in [3.8, 4) is 0 Å². The van der Waals surface area contributed by atoms with Gasteiger partial charge in [0, 0.05) is 5.92 Å². The number of aliphatic hydroxyl groups excluding tert-OH is 5. The summed E-state index contributed by atoms with van der Waals surface area (Å²) in [5.74, 6) is -0.278. The van der Waals surface area contributed by atoms with Crippen LogP contribution in [0.4, 0.5) is 0 Å². The van der Waals surface area contributed by atoms with Crippen LogP contribution in [0.3, 0.4) is 0 Å². The van der Waals surface area contributed by atoms with Crippen LogP contribution in [0.5, 0.6) is 0 Å². The minimum absolute atomic E-state index is 0.278. The number of epoxide rings is 1. The molecule has 0 spiro atoms. The molecule has 7 heteroatoms. The van der Waals surface area contributed by atoms with E-state index in [4.69, 9.17) is 4.74 Å². The Morgan fingerprint density at radius 1 is 1.28 bits per heavy atom. The van der Waals surface area contributed by atoms with Gasteiger partial charge in [-0.25, -0.2) is 0 Å². The van der Waals surface area contributed by atoms with Crippen molar-refractivity contribution in [2.24, 2.45) is 11.3 Å². The summed E-state index contributed by atoms with van der Waals surface area (Å²) < 4.78 is 5.50. The molecule has 2 aliphatic carbocycles. The lowest BCUT2D eigenvalue weighted by atomic mass is 9.60. The standard InChI is InChI=1S/C22H34O7/c1-12(5-6-14-20(2,3)15(24)7-8-21(14,4)28)9-16(25)22-17(26)10-13(11-23)18(27)19(22)29-22/h5-6,9-10,14-19,23-28H,7-8,11H2,1-4H3. The van der Waals surface area contributed by atoms with Crippen molar-refractivity contribution in [3.05, 3.63) is 35.5 Å². The molecule has 8 atom stereocenters. The van der Waals surface area contributed by atoms with Crippen LogP contribution in [0, 0.1) is 11.3 Å². The molecule has 7 nitrogen and oxygen atoms in total. The molecule has 2 fully saturated rings. The number of aliphatic hydroxyl groups is 6. The van der Waals surface area contributed by atoms with Gasteiger partial charge in [-0.3, -0.25) is 0 Å². The minimum atomic E-state index is -1.32. The highest BCUT2D eigenvalue weighted by atomic mass is 16.6. The molecule has 1 saturated carbocycles. The van der Waals surface area contributed by atoms with Gasteiger partial charge >= 0.3 is 0 Å². The van der Waals surface area contributed by atoms with E-state index in [0.717, 1.165) is 0 Å². The molecule has 0 aromatic rings. The Hall–Kier alpha value is -1.06. The Bertz CT molecular complexity index is 723. The first-order chi connectivity index (χ1) is 13.4. The molecular weight excluding hydrogens is 376 g/mol. The molecule has 0 radical (unpaired) electrons. The van der Waals surface area contributed by atoms with Crippen LogP contribution in [0.15, 0.2) is 35.5 Å². The summed E-state index contributed by atoms with van der Waals surface area (Å²) in [5, 5.41) is 61.7. The third kappa shape index (κ3) is 3.74. The molecule has 8 unspecified atom stereocenters. The molecule has 1 heterocycles. The van der Waals surface area contributed by atoms with Crippen LogP contribution in [-0.4, -0.2) is 79.0 Å². The van der Waals surface area contributed by atoms with Gasteiger partial charge in [0.25, 0.3) is 0 Å². The van der Waals surface area contributed by atoms with E-state index >= 15 is 0 Å². The topological polar surface area (TPSA) is 134 Å². The van der Waals surface area contributed by atoms with E-state index in [9.17, 15) is 30.6 Å². The highest BCUT2D eigenvalue weighted by Crippen LogP contribution is 2.50. The maximum absolute atomic E-state index is 10.8. The summed E-state index contributed by atoms with van der Waals surface area (Å²) in [6.07, 6.45) is 2.91. The molecule has 6 N–H and O–H groups in total. The summed E-state index contributed by atoms with van der Waals surface area (Å²) in [6.45, 7) is 7.04. The number of ether oxygens (including phenoxy) is 1. The molecule has 164 valence electrons. The second-order valence-corrected chi connectivity index (χ2v) is 9.61. The summed E-state index contributed by atoms with van der Waals surface area (Å²) in [7, 11) is 0. The quantitative estimate of drug-likeness (QED) is 0.216. The first kappa shape index (κ1) is 22.6. The smallest absolute Gasteiger partial charge is 0.156 e. The third-order valence-electron chi connectivity index (χ3n) is 7.09. The maximum Gasteiger partial charge on any atom is 0.156 e. The number of hydrogen-bond acceptors (Lipinski definition) is 7. The lowest BCUT2D eigenvalue weighted by molar-refractivity contribution is -0.124. The van der Waals surface area contributed by atoms with Crippen molar-refractivity contribution in [1.82, 2.24) is 0 Å². The first-order valence-corrected chi connectivity index (χ1v) is 10.2. The van der Waals surface area contributed by atoms with Crippen LogP contribution in [0.25, 0.3) is 0 Å². The zero-order chi connectivity index (χ0) is 21.8. The largest absolute Gasteiger partial charge is 0.393 e. The average molecular weight is 411 g/mol. The number of hydrogen-bond donors (Lipinski definition) is 6. The van der Waals surface area contributed by atoms with Crippen molar-refractivity contribution in [2.45, 2.75) is 82.3 Å². The molecule has 0 aromatic carbocycles. The lowest BCUT2D eigenvalue weighted by Gasteiger charge is -2.49. The van der Waals surface area contributed by atoms with E-state index in [-0.39, 0.29) is 18.1 Å². The zero-order valence-corrected chi connectivity index (χ0v) is 17.5. The molecule has 29 heavy (non-hydrogen) atoms. The van der Waals surface area contributed by atoms with Gasteiger partial charge < -0.3 is 35.4 Å².